The molecule has 6 nitrogen and oxygen atoms in total. The van der Waals surface area contributed by atoms with Gasteiger partial charge in [0.15, 0.2) is 5.96 Å². The van der Waals surface area contributed by atoms with Crippen LogP contribution in [0.15, 0.2) is 45.8 Å². The van der Waals surface area contributed by atoms with Crippen molar-refractivity contribution in [2.75, 3.05) is 20.6 Å². The summed E-state index contributed by atoms with van der Waals surface area (Å²) < 4.78 is 26.4. The lowest BCUT2D eigenvalue weighted by Crippen LogP contribution is -2.37. The Labute approximate surface area is 193 Å². The zero-order chi connectivity index (χ0) is 20.6. The minimum absolute atomic E-state index is 0. The molecule has 0 atom stereocenters. The lowest BCUT2D eigenvalue weighted by Gasteiger charge is -2.21. The smallest absolute Gasteiger partial charge is 0.243 e. The largest absolute Gasteiger partial charge is 0.356 e. The summed E-state index contributed by atoms with van der Waals surface area (Å²) in [5.41, 5.74) is 2.54. The first-order valence-electron chi connectivity index (χ1n) is 10.0. The third kappa shape index (κ3) is 7.90. The summed E-state index contributed by atoms with van der Waals surface area (Å²) in [6.45, 7) is 5.17. The Morgan fingerprint density at radius 1 is 1.17 bits per heavy atom. The van der Waals surface area contributed by atoms with Gasteiger partial charge in [0.05, 0.1) is 4.90 Å². The van der Waals surface area contributed by atoms with Gasteiger partial charge in [0.2, 0.25) is 10.0 Å². The quantitative estimate of drug-likeness (QED) is 0.230. The van der Waals surface area contributed by atoms with Crippen molar-refractivity contribution >= 4 is 40.0 Å². The van der Waals surface area contributed by atoms with Gasteiger partial charge >= 0.3 is 0 Å². The zero-order valence-electron chi connectivity index (χ0n) is 17.9. The van der Waals surface area contributed by atoms with Crippen LogP contribution in [0.5, 0.6) is 0 Å². The highest BCUT2D eigenvalue weighted by Crippen LogP contribution is 2.19. The van der Waals surface area contributed by atoms with Gasteiger partial charge in [-0.05, 0) is 63.6 Å². The van der Waals surface area contributed by atoms with Gasteiger partial charge in [-0.1, -0.05) is 23.8 Å². The predicted molar refractivity (Wildman–Crippen MR) is 131 cm³/mol. The second kappa shape index (κ2) is 12.5. The second-order valence-corrected chi connectivity index (χ2v) is 9.47. The van der Waals surface area contributed by atoms with Crippen LogP contribution in [0.1, 0.15) is 51.5 Å². The van der Waals surface area contributed by atoms with Gasteiger partial charge in [0.25, 0.3) is 0 Å². The Morgan fingerprint density at radius 2 is 1.86 bits per heavy atom. The normalized spacial score (nSPS) is 15.1. The van der Waals surface area contributed by atoms with Gasteiger partial charge in [-0.3, -0.25) is 4.99 Å². The molecule has 1 aromatic carbocycles. The van der Waals surface area contributed by atoms with Crippen LogP contribution >= 0.6 is 24.0 Å². The van der Waals surface area contributed by atoms with Crippen molar-refractivity contribution in [3.8, 4) is 0 Å². The molecule has 2 N–H and O–H groups in total. The molecule has 0 saturated carbocycles. The van der Waals surface area contributed by atoms with E-state index in [-0.39, 0.29) is 30.0 Å². The van der Waals surface area contributed by atoms with Crippen molar-refractivity contribution in [2.45, 2.75) is 63.4 Å². The number of benzene rings is 1. The molecule has 0 radical (unpaired) electrons. The number of sulfonamides is 1. The van der Waals surface area contributed by atoms with Crippen molar-refractivity contribution in [1.82, 2.24) is 14.9 Å². The second-order valence-electron chi connectivity index (χ2n) is 7.47. The predicted octanol–water partition coefficient (Wildman–Crippen LogP) is 3.89. The number of nitrogens with zero attached hydrogens (tertiary/aromatic N) is 2. The highest BCUT2D eigenvalue weighted by Gasteiger charge is 2.22. The van der Waals surface area contributed by atoms with Crippen LogP contribution in [0, 0.1) is 0 Å². The molecule has 1 aromatic rings. The molecule has 1 aliphatic rings. The van der Waals surface area contributed by atoms with E-state index in [9.17, 15) is 8.42 Å². The van der Waals surface area contributed by atoms with E-state index in [2.05, 4.69) is 21.7 Å². The van der Waals surface area contributed by atoms with Crippen LogP contribution in [0.2, 0.25) is 0 Å². The van der Waals surface area contributed by atoms with Crippen LogP contribution < -0.4 is 10.6 Å². The molecule has 0 heterocycles. The van der Waals surface area contributed by atoms with Crippen LogP contribution in [0.3, 0.4) is 0 Å². The standard InChI is InChI=1S/C21H34N4O2S.HI/c1-17(2)25(4)28(26,27)20-12-10-19(11-13-20)16-24-21(22-3)23-15-14-18-8-6-5-7-9-18;/h8,10-13,17H,5-7,9,14-16H2,1-4H3,(H2,22,23,24);1H. The fraction of sp³-hybridized carbons (Fsp3) is 0.571. The summed E-state index contributed by atoms with van der Waals surface area (Å²) in [6.07, 6.45) is 8.46. The number of hydrogen-bond donors (Lipinski definition) is 2. The van der Waals surface area contributed by atoms with Crippen molar-refractivity contribution in [3.63, 3.8) is 0 Å². The zero-order valence-corrected chi connectivity index (χ0v) is 21.1. The van der Waals surface area contributed by atoms with Crippen LogP contribution in [0.25, 0.3) is 0 Å². The number of nitrogens with one attached hydrogen (secondary N) is 2. The number of guanidine groups is 1. The van der Waals surface area contributed by atoms with E-state index in [0.29, 0.717) is 11.4 Å². The van der Waals surface area contributed by atoms with Gasteiger partial charge in [0.1, 0.15) is 0 Å². The summed E-state index contributed by atoms with van der Waals surface area (Å²) >= 11 is 0. The molecule has 164 valence electrons. The maximum atomic E-state index is 12.5. The summed E-state index contributed by atoms with van der Waals surface area (Å²) in [6, 6.07) is 6.93. The number of allylic oxidation sites excluding steroid dienone is 1. The molecule has 0 fully saturated rings. The van der Waals surface area contributed by atoms with Gasteiger partial charge in [-0.25, -0.2) is 8.42 Å². The summed E-state index contributed by atoms with van der Waals surface area (Å²) in [5.74, 6) is 0.757. The van der Waals surface area contributed by atoms with E-state index in [4.69, 9.17) is 0 Å². The maximum Gasteiger partial charge on any atom is 0.243 e. The van der Waals surface area contributed by atoms with Gasteiger partial charge < -0.3 is 10.6 Å². The number of hydrogen-bond acceptors (Lipinski definition) is 3. The third-order valence-electron chi connectivity index (χ3n) is 5.13. The van der Waals surface area contributed by atoms with E-state index in [1.165, 1.54) is 35.6 Å². The Hall–Kier alpha value is -1.13. The SMILES string of the molecule is CN=C(NCCC1=CCCCC1)NCc1ccc(S(=O)(=O)N(C)C(C)C)cc1.I. The van der Waals surface area contributed by atoms with E-state index in [1.807, 2.05) is 26.0 Å². The fourth-order valence-electron chi connectivity index (χ4n) is 3.10. The Morgan fingerprint density at radius 3 is 2.41 bits per heavy atom. The van der Waals surface area contributed by atoms with E-state index in [1.54, 1.807) is 26.2 Å². The third-order valence-corrected chi connectivity index (χ3v) is 7.18. The molecular formula is C21H35IN4O2S. The molecule has 0 aliphatic heterocycles. The van der Waals surface area contributed by atoms with Crippen LogP contribution in [-0.4, -0.2) is 45.4 Å². The average Bonchev–Trinajstić information content (AvgIpc) is 2.71. The lowest BCUT2D eigenvalue weighted by atomic mass is 9.97. The van der Waals surface area contributed by atoms with Crippen molar-refractivity contribution in [3.05, 3.63) is 41.5 Å². The highest BCUT2D eigenvalue weighted by atomic mass is 127. The summed E-state index contributed by atoms with van der Waals surface area (Å²) in [5, 5.41) is 6.63. The van der Waals surface area contributed by atoms with Gasteiger partial charge in [0, 0.05) is 33.2 Å². The monoisotopic (exact) mass is 534 g/mol. The molecule has 0 saturated heterocycles. The van der Waals surface area contributed by atoms with E-state index >= 15 is 0 Å². The van der Waals surface area contributed by atoms with Crippen molar-refractivity contribution < 1.29 is 8.42 Å². The van der Waals surface area contributed by atoms with Crippen molar-refractivity contribution in [2.24, 2.45) is 4.99 Å². The first-order chi connectivity index (χ1) is 13.3. The van der Waals surface area contributed by atoms with Crippen LogP contribution in [0.4, 0.5) is 0 Å². The molecule has 0 unspecified atom stereocenters. The molecule has 2 rings (SSSR count). The average molecular weight is 535 g/mol. The molecule has 0 bridgehead atoms. The van der Waals surface area contributed by atoms with Gasteiger partial charge in [-0.15, -0.1) is 24.0 Å². The summed E-state index contributed by atoms with van der Waals surface area (Å²) in [7, 11) is -0.0800. The number of rotatable bonds is 8. The molecule has 0 spiro atoms. The topological polar surface area (TPSA) is 73.8 Å². The number of halogens is 1. The highest BCUT2D eigenvalue weighted by molar-refractivity contribution is 14.0. The summed E-state index contributed by atoms with van der Waals surface area (Å²) in [4.78, 5) is 4.57. The first kappa shape index (κ1) is 25.9. The van der Waals surface area contributed by atoms with E-state index < -0.39 is 10.0 Å². The molecule has 1 aliphatic carbocycles. The van der Waals surface area contributed by atoms with Crippen LogP contribution in [-0.2, 0) is 16.6 Å². The molecule has 0 amide bonds. The molecular weight excluding hydrogens is 499 g/mol. The minimum atomic E-state index is -3.44. The molecule has 0 aromatic heterocycles. The minimum Gasteiger partial charge on any atom is -0.356 e. The lowest BCUT2D eigenvalue weighted by molar-refractivity contribution is 0.410. The van der Waals surface area contributed by atoms with E-state index in [0.717, 1.165) is 24.5 Å². The first-order valence-corrected chi connectivity index (χ1v) is 11.5. The van der Waals surface area contributed by atoms with Crippen molar-refractivity contribution in [1.29, 1.82) is 0 Å². The Kier molecular flexibility index (Phi) is 11.2. The fourth-order valence-corrected chi connectivity index (χ4v) is 4.47. The maximum absolute atomic E-state index is 12.5. The molecule has 29 heavy (non-hydrogen) atoms. The molecule has 8 heteroatoms. The Balaban J connectivity index is 0.00000420. The number of aliphatic imine (C=N–C) groups is 1. The Bertz CT molecular complexity index is 789. The van der Waals surface area contributed by atoms with Gasteiger partial charge in [-0.2, -0.15) is 4.31 Å².